The molecular formula is C25H24O4. The van der Waals surface area contributed by atoms with Gasteiger partial charge < -0.3 is 14.2 Å². The Balaban J connectivity index is 1.63. The van der Waals surface area contributed by atoms with Crippen LogP contribution >= 0.6 is 0 Å². The molecule has 0 atom stereocenters. The Morgan fingerprint density at radius 3 is 1.90 bits per heavy atom. The van der Waals surface area contributed by atoms with E-state index in [4.69, 9.17) is 14.2 Å². The van der Waals surface area contributed by atoms with Crippen molar-refractivity contribution in [2.45, 2.75) is 39.1 Å². The molecule has 1 aliphatic heterocycles. The lowest BCUT2D eigenvalue weighted by Gasteiger charge is -2.32. The van der Waals surface area contributed by atoms with E-state index < -0.39 is 5.60 Å². The molecule has 0 saturated carbocycles. The highest BCUT2D eigenvalue weighted by atomic mass is 16.5. The Morgan fingerprint density at radius 2 is 1.34 bits per heavy atom. The second-order valence-corrected chi connectivity index (χ2v) is 7.81. The SMILES string of the molecule is CC1(C)CC(=O)c2cc(OCc3ccccc3)c(OCc3ccccc3)cc2O1. The minimum atomic E-state index is -0.535. The largest absolute Gasteiger partial charge is 0.486 e. The number of benzene rings is 3. The molecule has 4 nitrogen and oxygen atoms in total. The lowest BCUT2D eigenvalue weighted by molar-refractivity contribution is 0.0616. The van der Waals surface area contributed by atoms with Gasteiger partial charge in [-0.25, -0.2) is 0 Å². The van der Waals surface area contributed by atoms with E-state index >= 15 is 0 Å². The lowest BCUT2D eigenvalue weighted by atomic mass is 9.93. The van der Waals surface area contributed by atoms with Crippen LogP contribution in [-0.4, -0.2) is 11.4 Å². The van der Waals surface area contributed by atoms with E-state index in [1.54, 1.807) is 12.1 Å². The van der Waals surface area contributed by atoms with Crippen LogP contribution in [0.2, 0.25) is 0 Å². The van der Waals surface area contributed by atoms with Crippen molar-refractivity contribution in [1.29, 1.82) is 0 Å². The third-order valence-electron chi connectivity index (χ3n) is 4.79. The topological polar surface area (TPSA) is 44.8 Å². The van der Waals surface area contributed by atoms with Crippen LogP contribution in [-0.2, 0) is 13.2 Å². The van der Waals surface area contributed by atoms with Crippen molar-refractivity contribution in [3.05, 3.63) is 89.5 Å². The van der Waals surface area contributed by atoms with Crippen LogP contribution in [0.15, 0.2) is 72.8 Å². The van der Waals surface area contributed by atoms with Gasteiger partial charge in [0.25, 0.3) is 0 Å². The first-order chi connectivity index (χ1) is 14.0. The number of hydrogen-bond donors (Lipinski definition) is 0. The summed E-state index contributed by atoms with van der Waals surface area (Å²) in [6.45, 7) is 4.62. The van der Waals surface area contributed by atoms with Gasteiger partial charge in [0.2, 0.25) is 0 Å². The van der Waals surface area contributed by atoms with Gasteiger partial charge in [0.1, 0.15) is 24.6 Å². The molecule has 0 aliphatic carbocycles. The Bertz CT molecular complexity index is 994. The Morgan fingerprint density at radius 1 is 0.828 bits per heavy atom. The smallest absolute Gasteiger partial charge is 0.170 e. The highest BCUT2D eigenvalue weighted by Crippen LogP contribution is 2.41. The molecule has 0 saturated heterocycles. The van der Waals surface area contributed by atoms with E-state index in [1.165, 1.54) is 0 Å². The van der Waals surface area contributed by atoms with Crippen molar-refractivity contribution in [3.63, 3.8) is 0 Å². The van der Waals surface area contributed by atoms with Crippen molar-refractivity contribution < 1.29 is 19.0 Å². The molecule has 0 fully saturated rings. The maximum absolute atomic E-state index is 12.6. The third-order valence-corrected chi connectivity index (χ3v) is 4.79. The zero-order valence-electron chi connectivity index (χ0n) is 16.7. The van der Waals surface area contributed by atoms with E-state index in [-0.39, 0.29) is 5.78 Å². The van der Waals surface area contributed by atoms with Gasteiger partial charge in [-0.3, -0.25) is 4.79 Å². The Labute approximate surface area is 171 Å². The number of hydrogen-bond acceptors (Lipinski definition) is 4. The molecule has 0 N–H and O–H groups in total. The van der Waals surface area contributed by atoms with Gasteiger partial charge in [-0.1, -0.05) is 60.7 Å². The number of carbonyl (C=O) groups excluding carboxylic acids is 1. The van der Waals surface area contributed by atoms with Crippen molar-refractivity contribution in [2.24, 2.45) is 0 Å². The summed E-state index contributed by atoms with van der Waals surface area (Å²) in [5.41, 5.74) is 2.10. The van der Waals surface area contributed by atoms with Crippen molar-refractivity contribution in [2.75, 3.05) is 0 Å². The first kappa shape index (κ1) is 19.1. The van der Waals surface area contributed by atoms with Crippen molar-refractivity contribution in [1.82, 2.24) is 0 Å². The average molecular weight is 388 g/mol. The summed E-state index contributed by atoms with van der Waals surface area (Å²) in [5, 5.41) is 0. The number of carbonyl (C=O) groups is 1. The van der Waals surface area contributed by atoms with Gasteiger partial charge in [-0.05, 0) is 31.0 Å². The first-order valence-corrected chi connectivity index (χ1v) is 9.74. The van der Waals surface area contributed by atoms with Gasteiger partial charge in [-0.2, -0.15) is 0 Å². The molecule has 0 unspecified atom stereocenters. The maximum Gasteiger partial charge on any atom is 0.170 e. The number of Topliss-reactive ketones (excluding diaryl/α,β-unsaturated/α-hetero) is 1. The third kappa shape index (κ3) is 4.60. The zero-order valence-corrected chi connectivity index (χ0v) is 16.7. The first-order valence-electron chi connectivity index (χ1n) is 9.74. The summed E-state index contributed by atoms with van der Waals surface area (Å²) < 4.78 is 18.2. The van der Waals surface area contributed by atoms with Gasteiger partial charge in [-0.15, -0.1) is 0 Å². The van der Waals surface area contributed by atoms with Crippen LogP contribution in [0, 0.1) is 0 Å². The number of rotatable bonds is 6. The molecule has 4 heteroatoms. The van der Waals surface area contributed by atoms with Gasteiger partial charge >= 0.3 is 0 Å². The average Bonchev–Trinajstić information content (AvgIpc) is 2.71. The highest BCUT2D eigenvalue weighted by Gasteiger charge is 2.33. The summed E-state index contributed by atoms with van der Waals surface area (Å²) >= 11 is 0. The monoisotopic (exact) mass is 388 g/mol. The summed E-state index contributed by atoms with van der Waals surface area (Å²) in [6.07, 6.45) is 0.336. The van der Waals surface area contributed by atoms with Crippen LogP contribution in [0.4, 0.5) is 0 Å². The second kappa shape index (κ2) is 8.00. The van der Waals surface area contributed by atoms with Crippen molar-refractivity contribution >= 4 is 5.78 Å². The summed E-state index contributed by atoms with van der Waals surface area (Å²) in [5.74, 6) is 1.70. The van der Waals surface area contributed by atoms with Gasteiger partial charge in [0, 0.05) is 6.07 Å². The molecule has 0 spiro atoms. The second-order valence-electron chi connectivity index (χ2n) is 7.81. The van der Waals surface area contributed by atoms with E-state index in [0.29, 0.717) is 42.4 Å². The van der Waals surface area contributed by atoms with Crippen molar-refractivity contribution in [3.8, 4) is 17.2 Å². The Kier molecular flexibility index (Phi) is 5.26. The fourth-order valence-corrected chi connectivity index (χ4v) is 3.36. The quantitative estimate of drug-likeness (QED) is 0.552. The summed E-state index contributed by atoms with van der Waals surface area (Å²) in [4.78, 5) is 12.6. The minimum Gasteiger partial charge on any atom is -0.486 e. The van der Waals surface area contributed by atoms with Crippen LogP contribution < -0.4 is 14.2 Å². The lowest BCUT2D eigenvalue weighted by Crippen LogP contribution is -2.35. The number of ether oxygens (including phenoxy) is 3. The molecule has 0 aromatic heterocycles. The predicted molar refractivity (Wildman–Crippen MR) is 112 cm³/mol. The summed E-state index contributed by atoms with van der Waals surface area (Å²) in [7, 11) is 0. The molecular weight excluding hydrogens is 364 g/mol. The van der Waals surface area contributed by atoms with Gasteiger partial charge in [0.05, 0.1) is 12.0 Å². The van der Waals surface area contributed by atoms with Crippen LogP contribution in [0.3, 0.4) is 0 Å². The van der Waals surface area contributed by atoms with E-state index in [0.717, 1.165) is 11.1 Å². The molecule has 148 valence electrons. The fraction of sp³-hybridized carbons (Fsp3) is 0.240. The molecule has 0 radical (unpaired) electrons. The molecule has 1 aliphatic rings. The van der Waals surface area contributed by atoms with E-state index in [9.17, 15) is 4.79 Å². The van der Waals surface area contributed by atoms with Crippen LogP contribution in [0.5, 0.6) is 17.2 Å². The molecule has 3 aromatic rings. The maximum atomic E-state index is 12.6. The predicted octanol–water partition coefficient (Wildman–Crippen LogP) is 5.59. The fourth-order valence-electron chi connectivity index (χ4n) is 3.36. The molecule has 4 rings (SSSR count). The minimum absolute atomic E-state index is 0.0513. The van der Waals surface area contributed by atoms with Crippen LogP contribution in [0.25, 0.3) is 0 Å². The molecule has 0 bridgehead atoms. The highest BCUT2D eigenvalue weighted by molar-refractivity contribution is 6.01. The molecule has 0 amide bonds. The summed E-state index contributed by atoms with van der Waals surface area (Å²) in [6, 6.07) is 23.4. The standard InChI is InChI=1S/C25H24O4/c1-25(2)15-21(26)20-13-23(27-16-18-9-5-3-6-10-18)24(14-22(20)29-25)28-17-19-11-7-4-8-12-19/h3-14H,15-17H2,1-2H3. The van der Waals surface area contributed by atoms with Gasteiger partial charge in [0.15, 0.2) is 17.3 Å². The Hall–Kier alpha value is -3.27. The molecule has 3 aromatic carbocycles. The van der Waals surface area contributed by atoms with E-state index in [1.807, 2.05) is 74.5 Å². The number of fused-ring (bicyclic) bond motifs is 1. The number of ketones is 1. The normalized spacial score (nSPS) is 14.6. The van der Waals surface area contributed by atoms with Crippen LogP contribution in [0.1, 0.15) is 41.8 Å². The molecule has 29 heavy (non-hydrogen) atoms. The molecule has 1 heterocycles. The van der Waals surface area contributed by atoms with E-state index in [2.05, 4.69) is 0 Å². The zero-order chi connectivity index (χ0) is 20.3.